The van der Waals surface area contributed by atoms with Gasteiger partial charge in [0.15, 0.2) is 5.82 Å². The summed E-state index contributed by atoms with van der Waals surface area (Å²) in [5, 5.41) is 17.3. The van der Waals surface area contributed by atoms with Gasteiger partial charge in [-0.2, -0.15) is 9.61 Å². The number of benzene rings is 2. The topological polar surface area (TPSA) is 72.2 Å². The number of carbonyl (C=O) groups excluding carboxylic acids is 1. The quantitative estimate of drug-likeness (QED) is 0.457. The third-order valence-electron chi connectivity index (χ3n) is 4.41. The highest BCUT2D eigenvalue weighted by Crippen LogP contribution is 2.29. The lowest BCUT2D eigenvalue weighted by molar-refractivity contribution is -0.111. The maximum Gasteiger partial charge on any atom is 0.248 e. The molecule has 29 heavy (non-hydrogen) atoms. The number of hydrogen-bond donors (Lipinski definition) is 1. The van der Waals surface area contributed by atoms with E-state index in [4.69, 9.17) is 11.6 Å². The number of nitrogens with one attached hydrogen (secondary N) is 1. The van der Waals surface area contributed by atoms with Gasteiger partial charge in [0.2, 0.25) is 10.9 Å². The van der Waals surface area contributed by atoms with Crippen LogP contribution in [0.25, 0.3) is 21.6 Å². The van der Waals surface area contributed by atoms with E-state index >= 15 is 0 Å². The Hall–Kier alpha value is -3.03. The van der Waals surface area contributed by atoms with Crippen molar-refractivity contribution in [1.29, 1.82) is 0 Å². The minimum atomic E-state index is -0.202. The van der Waals surface area contributed by atoms with Crippen LogP contribution >= 0.6 is 22.9 Å². The van der Waals surface area contributed by atoms with Crippen molar-refractivity contribution in [1.82, 2.24) is 19.8 Å². The molecule has 0 unspecified atom stereocenters. The number of aryl methyl sites for hydroxylation is 2. The first-order chi connectivity index (χ1) is 14.0. The van der Waals surface area contributed by atoms with E-state index in [0.717, 1.165) is 44.6 Å². The molecule has 1 N–H and O–H groups in total. The van der Waals surface area contributed by atoms with E-state index in [1.165, 1.54) is 17.4 Å². The first-order valence-electron chi connectivity index (χ1n) is 9.10. The van der Waals surface area contributed by atoms with Crippen molar-refractivity contribution in [3.05, 3.63) is 70.5 Å². The van der Waals surface area contributed by atoms with Crippen molar-refractivity contribution in [2.24, 2.45) is 0 Å². The van der Waals surface area contributed by atoms with Crippen LogP contribution < -0.4 is 5.32 Å². The van der Waals surface area contributed by atoms with E-state index in [2.05, 4.69) is 20.6 Å². The van der Waals surface area contributed by atoms with Gasteiger partial charge in [-0.15, -0.1) is 10.2 Å². The number of anilines is 1. The minimum Gasteiger partial charge on any atom is -0.322 e. The average Bonchev–Trinajstić information content (AvgIpc) is 3.30. The fourth-order valence-corrected chi connectivity index (χ4v) is 3.79. The molecule has 8 heteroatoms. The van der Waals surface area contributed by atoms with Crippen LogP contribution in [0.1, 0.15) is 23.9 Å². The zero-order chi connectivity index (χ0) is 20.4. The van der Waals surface area contributed by atoms with Gasteiger partial charge in [0.05, 0.1) is 0 Å². The molecule has 0 aliphatic heterocycles. The van der Waals surface area contributed by atoms with Gasteiger partial charge in [0.1, 0.15) is 5.01 Å². The number of fused-ring (bicyclic) bond motifs is 1. The fourth-order valence-electron chi connectivity index (χ4n) is 2.80. The smallest absolute Gasteiger partial charge is 0.248 e. The Morgan fingerprint density at radius 2 is 2.00 bits per heavy atom. The largest absolute Gasteiger partial charge is 0.322 e. The van der Waals surface area contributed by atoms with Gasteiger partial charge in [-0.25, -0.2) is 0 Å². The molecule has 0 saturated heterocycles. The van der Waals surface area contributed by atoms with Crippen LogP contribution in [0.2, 0.25) is 5.02 Å². The van der Waals surface area contributed by atoms with Crippen molar-refractivity contribution in [2.45, 2.75) is 20.3 Å². The Bertz CT molecular complexity index is 1210. The SMILES string of the molecule is CCc1nnc2sc(-c3ccc(C)c(NC(=O)/C=C/c4ccc(Cl)cc4)c3)nn12. The maximum absolute atomic E-state index is 12.4. The lowest BCUT2D eigenvalue weighted by Crippen LogP contribution is -2.09. The highest BCUT2D eigenvalue weighted by Gasteiger charge is 2.13. The first kappa shape index (κ1) is 19.3. The molecule has 1 amide bonds. The Labute approximate surface area is 176 Å². The lowest BCUT2D eigenvalue weighted by Gasteiger charge is -2.08. The summed E-state index contributed by atoms with van der Waals surface area (Å²) in [4.78, 5) is 13.1. The van der Waals surface area contributed by atoms with Gasteiger partial charge in [-0.3, -0.25) is 4.79 Å². The van der Waals surface area contributed by atoms with E-state index in [-0.39, 0.29) is 5.91 Å². The summed E-state index contributed by atoms with van der Waals surface area (Å²) < 4.78 is 1.77. The summed E-state index contributed by atoms with van der Waals surface area (Å²) in [5.74, 6) is 0.627. The molecule has 0 fully saturated rings. The molecular formula is C21H18ClN5OS. The lowest BCUT2D eigenvalue weighted by atomic mass is 10.1. The van der Waals surface area contributed by atoms with Gasteiger partial charge < -0.3 is 5.32 Å². The third kappa shape index (κ3) is 4.21. The van der Waals surface area contributed by atoms with E-state index in [1.807, 2.05) is 44.2 Å². The normalized spacial score (nSPS) is 11.4. The predicted octanol–water partition coefficient (Wildman–Crippen LogP) is 5.03. The second kappa shape index (κ2) is 8.14. The molecular weight excluding hydrogens is 406 g/mol. The summed E-state index contributed by atoms with van der Waals surface area (Å²) in [6, 6.07) is 13.2. The Morgan fingerprint density at radius 1 is 1.21 bits per heavy atom. The number of amides is 1. The number of aromatic nitrogens is 4. The molecule has 2 aromatic heterocycles. The summed E-state index contributed by atoms with van der Waals surface area (Å²) in [7, 11) is 0. The molecule has 4 aromatic rings. The standard InChI is InChI=1S/C21H18ClN5OS/c1-3-18-24-25-21-27(18)26-20(29-21)15-8-4-13(2)17(12-15)23-19(28)11-7-14-5-9-16(22)10-6-14/h4-12H,3H2,1-2H3,(H,23,28)/b11-7+. The van der Waals surface area contributed by atoms with E-state index in [0.29, 0.717) is 5.02 Å². The van der Waals surface area contributed by atoms with Crippen LogP contribution in [-0.2, 0) is 11.2 Å². The highest BCUT2D eigenvalue weighted by molar-refractivity contribution is 7.19. The summed E-state index contributed by atoms with van der Waals surface area (Å²) in [5.41, 5.74) is 3.54. The van der Waals surface area contributed by atoms with Crippen LogP contribution in [0, 0.1) is 6.92 Å². The van der Waals surface area contributed by atoms with E-state index in [9.17, 15) is 4.79 Å². The van der Waals surface area contributed by atoms with Crippen molar-refractivity contribution < 1.29 is 4.79 Å². The molecule has 4 rings (SSSR count). The molecule has 0 aliphatic rings. The van der Waals surface area contributed by atoms with Crippen LogP contribution in [-0.4, -0.2) is 25.7 Å². The molecule has 0 aliphatic carbocycles. The van der Waals surface area contributed by atoms with Crippen molar-refractivity contribution >= 4 is 45.6 Å². The molecule has 2 aromatic carbocycles. The van der Waals surface area contributed by atoms with Crippen LogP contribution in [0.15, 0.2) is 48.5 Å². The van der Waals surface area contributed by atoms with Crippen LogP contribution in [0.3, 0.4) is 0 Å². The first-order valence-corrected chi connectivity index (χ1v) is 10.3. The second-order valence-corrected chi connectivity index (χ2v) is 7.87. The van der Waals surface area contributed by atoms with Gasteiger partial charge in [0.25, 0.3) is 0 Å². The maximum atomic E-state index is 12.4. The Balaban J connectivity index is 1.55. The summed E-state index contributed by atoms with van der Waals surface area (Å²) in [6.45, 7) is 3.97. The molecule has 0 atom stereocenters. The zero-order valence-corrected chi connectivity index (χ0v) is 17.5. The molecule has 6 nitrogen and oxygen atoms in total. The van der Waals surface area contributed by atoms with E-state index in [1.54, 1.807) is 22.7 Å². The number of carbonyl (C=O) groups is 1. The average molecular weight is 424 g/mol. The Morgan fingerprint density at radius 3 is 2.76 bits per heavy atom. The molecule has 0 radical (unpaired) electrons. The number of nitrogens with zero attached hydrogens (tertiary/aromatic N) is 4. The zero-order valence-electron chi connectivity index (χ0n) is 15.9. The fraction of sp³-hybridized carbons (Fsp3) is 0.143. The third-order valence-corrected chi connectivity index (χ3v) is 5.61. The number of halogens is 1. The number of hydrogen-bond acceptors (Lipinski definition) is 5. The molecule has 2 heterocycles. The van der Waals surface area contributed by atoms with Crippen LogP contribution in [0.5, 0.6) is 0 Å². The number of rotatable bonds is 5. The van der Waals surface area contributed by atoms with Crippen molar-refractivity contribution in [3.63, 3.8) is 0 Å². The van der Waals surface area contributed by atoms with Gasteiger partial charge in [-0.05, 0) is 42.3 Å². The van der Waals surface area contributed by atoms with Crippen molar-refractivity contribution in [2.75, 3.05) is 5.32 Å². The molecule has 146 valence electrons. The van der Waals surface area contributed by atoms with Gasteiger partial charge in [0, 0.05) is 28.8 Å². The van der Waals surface area contributed by atoms with E-state index < -0.39 is 0 Å². The predicted molar refractivity (Wildman–Crippen MR) is 117 cm³/mol. The Kier molecular flexibility index (Phi) is 5.42. The monoisotopic (exact) mass is 423 g/mol. The molecule has 0 bridgehead atoms. The highest BCUT2D eigenvalue weighted by atomic mass is 35.5. The summed E-state index contributed by atoms with van der Waals surface area (Å²) >= 11 is 7.35. The molecule has 0 spiro atoms. The van der Waals surface area contributed by atoms with Gasteiger partial charge in [-0.1, -0.05) is 54.1 Å². The molecule has 0 saturated carbocycles. The van der Waals surface area contributed by atoms with Gasteiger partial charge >= 0.3 is 0 Å². The second-order valence-electron chi connectivity index (χ2n) is 6.48. The summed E-state index contributed by atoms with van der Waals surface area (Å²) in [6.07, 6.45) is 4.02. The minimum absolute atomic E-state index is 0.202. The van der Waals surface area contributed by atoms with Crippen LogP contribution in [0.4, 0.5) is 5.69 Å². The van der Waals surface area contributed by atoms with Crippen molar-refractivity contribution in [3.8, 4) is 10.6 Å².